The minimum Gasteiger partial charge on any atom is -1.00 e. The minimum absolute atomic E-state index is 0. The van der Waals surface area contributed by atoms with Gasteiger partial charge >= 0.3 is 0 Å². The fourth-order valence-electron chi connectivity index (χ4n) is 3.33. The van der Waals surface area contributed by atoms with Crippen LogP contribution in [-0.4, -0.2) is 36.8 Å². The van der Waals surface area contributed by atoms with Crippen LogP contribution in [0.5, 0.6) is 0 Å². The van der Waals surface area contributed by atoms with Crippen molar-refractivity contribution in [3.05, 3.63) is 12.3 Å². The molecule has 0 heterocycles. The van der Waals surface area contributed by atoms with Gasteiger partial charge in [-0.1, -0.05) is 58.4 Å². The Balaban J connectivity index is 0. The molecule has 1 unspecified atom stereocenters. The Kier molecular flexibility index (Phi) is 17.6. The fourth-order valence-corrected chi connectivity index (χ4v) is 3.33. The van der Waals surface area contributed by atoms with Crippen molar-refractivity contribution in [2.45, 2.75) is 98.5 Å². The first-order valence-electron chi connectivity index (χ1n) is 10.2. The highest BCUT2D eigenvalue weighted by molar-refractivity contribution is 4.84. The zero-order valence-corrected chi connectivity index (χ0v) is 18.0. The lowest BCUT2D eigenvalue weighted by Crippen LogP contribution is -3.00. The molecule has 0 fully saturated rings. The van der Waals surface area contributed by atoms with Crippen LogP contribution in [0.25, 0.3) is 0 Å². The summed E-state index contributed by atoms with van der Waals surface area (Å²) in [6, 6.07) is 0. The molecule has 0 aromatic rings. The molecular formula is C21H44ClNO. The number of halogens is 1. The molecule has 2 nitrogen and oxygen atoms in total. The van der Waals surface area contributed by atoms with E-state index in [0.717, 1.165) is 36.4 Å². The van der Waals surface area contributed by atoms with Crippen LogP contribution in [0.15, 0.2) is 12.3 Å². The van der Waals surface area contributed by atoms with Crippen molar-refractivity contribution < 1.29 is 21.6 Å². The average molecular weight is 362 g/mol. The van der Waals surface area contributed by atoms with E-state index in [-0.39, 0.29) is 12.4 Å². The van der Waals surface area contributed by atoms with Crippen LogP contribution < -0.4 is 12.4 Å². The van der Waals surface area contributed by atoms with Gasteiger partial charge in [0.1, 0.15) is 12.3 Å². The molecule has 0 rings (SSSR count). The highest BCUT2D eigenvalue weighted by Crippen LogP contribution is 2.16. The smallest absolute Gasteiger partial charge is 0.144 e. The van der Waals surface area contributed by atoms with Crippen LogP contribution in [0.2, 0.25) is 0 Å². The Morgan fingerprint density at radius 2 is 1.29 bits per heavy atom. The summed E-state index contributed by atoms with van der Waals surface area (Å²) in [5, 5.41) is 0. The summed E-state index contributed by atoms with van der Waals surface area (Å²) in [7, 11) is 0. The van der Waals surface area contributed by atoms with Crippen molar-refractivity contribution in [1.82, 2.24) is 0 Å². The molecule has 0 spiro atoms. The van der Waals surface area contributed by atoms with E-state index in [1.165, 1.54) is 57.8 Å². The highest BCUT2D eigenvalue weighted by Gasteiger charge is 2.23. The van der Waals surface area contributed by atoms with Gasteiger partial charge in [-0.2, -0.15) is 0 Å². The molecule has 0 radical (unpaired) electrons. The van der Waals surface area contributed by atoms with Gasteiger partial charge in [0, 0.05) is 0 Å². The third-order valence-corrected chi connectivity index (χ3v) is 5.36. The van der Waals surface area contributed by atoms with Gasteiger partial charge in [-0.3, -0.25) is 0 Å². The SMILES string of the molecule is C=C(C[N+](CC)(CC)CC)OC(C)CCCCCCCCCC.[Cl-]. The van der Waals surface area contributed by atoms with Crippen LogP contribution in [-0.2, 0) is 4.74 Å². The van der Waals surface area contributed by atoms with Crippen LogP contribution in [0, 0.1) is 0 Å². The van der Waals surface area contributed by atoms with Gasteiger partial charge in [-0.25, -0.2) is 0 Å². The van der Waals surface area contributed by atoms with E-state index in [2.05, 4.69) is 41.2 Å². The molecule has 1 atom stereocenters. The minimum atomic E-state index is 0. The Labute approximate surface area is 159 Å². The molecule has 0 bridgehead atoms. The molecule has 0 aromatic heterocycles. The van der Waals surface area contributed by atoms with E-state index in [1.54, 1.807) is 0 Å². The van der Waals surface area contributed by atoms with E-state index < -0.39 is 0 Å². The van der Waals surface area contributed by atoms with Crippen LogP contribution >= 0.6 is 0 Å². The number of hydrogen-bond acceptors (Lipinski definition) is 1. The summed E-state index contributed by atoms with van der Waals surface area (Å²) in [6.07, 6.45) is 12.5. The Hall–Kier alpha value is -0.210. The van der Waals surface area contributed by atoms with E-state index in [0.29, 0.717) is 6.10 Å². The summed E-state index contributed by atoms with van der Waals surface area (Å²) in [6.45, 7) is 19.9. The lowest BCUT2D eigenvalue weighted by atomic mass is 10.1. The Bertz CT molecular complexity index is 281. The second-order valence-corrected chi connectivity index (χ2v) is 7.18. The molecule has 146 valence electrons. The summed E-state index contributed by atoms with van der Waals surface area (Å²) in [5.41, 5.74) is 0. The molecule has 0 N–H and O–H groups in total. The predicted molar refractivity (Wildman–Crippen MR) is 104 cm³/mol. The molecule has 0 aliphatic carbocycles. The van der Waals surface area contributed by atoms with Gasteiger partial charge in [0.2, 0.25) is 0 Å². The molecule has 24 heavy (non-hydrogen) atoms. The number of rotatable bonds is 16. The largest absolute Gasteiger partial charge is 1.00 e. The van der Waals surface area contributed by atoms with Gasteiger partial charge in [0.15, 0.2) is 0 Å². The van der Waals surface area contributed by atoms with E-state index in [9.17, 15) is 0 Å². The monoisotopic (exact) mass is 361 g/mol. The lowest BCUT2D eigenvalue weighted by Gasteiger charge is -2.36. The van der Waals surface area contributed by atoms with E-state index in [4.69, 9.17) is 4.74 Å². The van der Waals surface area contributed by atoms with Crippen molar-refractivity contribution in [2.24, 2.45) is 0 Å². The molecule has 0 aliphatic rings. The van der Waals surface area contributed by atoms with Crippen molar-refractivity contribution in [1.29, 1.82) is 0 Å². The maximum absolute atomic E-state index is 6.06. The molecule has 3 heteroatoms. The predicted octanol–water partition coefficient (Wildman–Crippen LogP) is 3.32. The lowest BCUT2D eigenvalue weighted by molar-refractivity contribution is -0.920. The first-order chi connectivity index (χ1) is 11.0. The molecular weight excluding hydrogens is 318 g/mol. The van der Waals surface area contributed by atoms with Gasteiger partial charge in [-0.05, 0) is 40.5 Å². The Morgan fingerprint density at radius 3 is 1.75 bits per heavy atom. The maximum atomic E-state index is 6.06. The standard InChI is InChI=1S/C21H44NO.ClH/c1-7-11-12-13-14-15-16-17-18-20(5)23-21(6)19-22(8-2,9-3)10-4;/h20H,6-19H2,1-5H3;1H/q+1;/p-1. The number of likely N-dealkylation sites (N-methyl/N-ethyl adjacent to an activating group) is 1. The number of unbranched alkanes of at least 4 members (excludes halogenated alkanes) is 7. The summed E-state index contributed by atoms with van der Waals surface area (Å²) >= 11 is 0. The Morgan fingerprint density at radius 1 is 0.833 bits per heavy atom. The van der Waals surface area contributed by atoms with Crippen molar-refractivity contribution in [3.8, 4) is 0 Å². The summed E-state index contributed by atoms with van der Waals surface area (Å²) in [4.78, 5) is 0. The second-order valence-electron chi connectivity index (χ2n) is 7.18. The normalized spacial score (nSPS) is 12.5. The number of nitrogens with zero attached hydrogens (tertiary/aromatic N) is 1. The van der Waals surface area contributed by atoms with E-state index in [1.807, 2.05) is 0 Å². The van der Waals surface area contributed by atoms with Crippen LogP contribution in [0.3, 0.4) is 0 Å². The first kappa shape index (κ1) is 26.0. The van der Waals surface area contributed by atoms with Gasteiger partial charge in [-0.15, -0.1) is 0 Å². The van der Waals surface area contributed by atoms with Gasteiger partial charge in [0.05, 0.1) is 25.7 Å². The third kappa shape index (κ3) is 12.2. The highest BCUT2D eigenvalue weighted by atomic mass is 35.5. The maximum Gasteiger partial charge on any atom is 0.144 e. The molecule has 0 amide bonds. The molecule has 0 aromatic carbocycles. The number of hydrogen-bond donors (Lipinski definition) is 0. The van der Waals surface area contributed by atoms with Gasteiger partial charge in [0.25, 0.3) is 0 Å². The third-order valence-electron chi connectivity index (χ3n) is 5.36. The van der Waals surface area contributed by atoms with Crippen LogP contribution in [0.1, 0.15) is 92.4 Å². The molecule has 0 aliphatic heterocycles. The quantitative estimate of drug-likeness (QED) is 0.233. The fraction of sp³-hybridized carbons (Fsp3) is 0.905. The van der Waals surface area contributed by atoms with Crippen LogP contribution in [0.4, 0.5) is 0 Å². The zero-order valence-electron chi connectivity index (χ0n) is 17.2. The zero-order chi connectivity index (χ0) is 17.6. The topological polar surface area (TPSA) is 9.23 Å². The number of quaternary nitrogens is 1. The average Bonchev–Trinajstić information content (AvgIpc) is 2.55. The number of ether oxygens (including phenoxy) is 1. The van der Waals surface area contributed by atoms with E-state index >= 15 is 0 Å². The van der Waals surface area contributed by atoms with Crippen molar-refractivity contribution in [3.63, 3.8) is 0 Å². The first-order valence-corrected chi connectivity index (χ1v) is 10.2. The second kappa shape index (κ2) is 16.3. The molecule has 0 saturated heterocycles. The van der Waals surface area contributed by atoms with Crippen molar-refractivity contribution in [2.75, 3.05) is 26.2 Å². The van der Waals surface area contributed by atoms with Crippen molar-refractivity contribution >= 4 is 0 Å². The summed E-state index contributed by atoms with van der Waals surface area (Å²) in [5.74, 6) is 0.975. The van der Waals surface area contributed by atoms with Gasteiger partial charge < -0.3 is 21.6 Å². The molecule has 0 saturated carbocycles. The summed E-state index contributed by atoms with van der Waals surface area (Å²) < 4.78 is 7.15.